The van der Waals surface area contributed by atoms with Crippen molar-refractivity contribution < 1.29 is 4.39 Å². The van der Waals surface area contributed by atoms with Gasteiger partial charge in [-0.3, -0.25) is 4.99 Å². The number of anilines is 1. The number of nitrogens with one attached hydrogen (secondary N) is 2. The molecule has 27 heavy (non-hydrogen) atoms. The zero-order chi connectivity index (χ0) is 19.1. The fourth-order valence-corrected chi connectivity index (χ4v) is 3.90. The molecule has 2 atom stereocenters. The van der Waals surface area contributed by atoms with Crippen LogP contribution in [-0.2, 0) is 0 Å². The molecule has 0 aromatic carbocycles. The summed E-state index contributed by atoms with van der Waals surface area (Å²) in [5, 5.41) is 6.86. The monoisotopic (exact) mass is 376 g/mol. The molecule has 2 N–H and O–H groups in total. The zero-order valence-electron chi connectivity index (χ0n) is 16.6. The van der Waals surface area contributed by atoms with Crippen LogP contribution in [0.3, 0.4) is 0 Å². The third kappa shape index (κ3) is 5.79. The highest BCUT2D eigenvalue weighted by atomic mass is 19.1. The van der Waals surface area contributed by atoms with Crippen molar-refractivity contribution >= 4 is 11.8 Å². The Hall–Kier alpha value is -1.89. The molecular weight excluding hydrogens is 343 g/mol. The summed E-state index contributed by atoms with van der Waals surface area (Å²) >= 11 is 0. The minimum atomic E-state index is -0.255. The van der Waals surface area contributed by atoms with Crippen LogP contribution in [0.4, 0.5) is 10.2 Å². The van der Waals surface area contributed by atoms with Gasteiger partial charge in [-0.15, -0.1) is 0 Å². The molecule has 2 aliphatic rings. The summed E-state index contributed by atoms with van der Waals surface area (Å²) in [6, 6.07) is 3.35. The lowest BCUT2D eigenvalue weighted by atomic mass is 10.2. The second-order valence-corrected chi connectivity index (χ2v) is 7.72. The molecular formula is C20H33FN6. The van der Waals surface area contributed by atoms with Crippen molar-refractivity contribution in [2.75, 3.05) is 50.7 Å². The number of likely N-dealkylation sites (tertiary alicyclic amines) is 1. The minimum absolute atomic E-state index is 0.248. The van der Waals surface area contributed by atoms with Crippen molar-refractivity contribution in [3.05, 3.63) is 24.1 Å². The highest BCUT2D eigenvalue weighted by molar-refractivity contribution is 5.80. The fraction of sp³-hybridized carbons (Fsp3) is 0.700. The van der Waals surface area contributed by atoms with Gasteiger partial charge in [0.15, 0.2) is 17.6 Å². The summed E-state index contributed by atoms with van der Waals surface area (Å²) in [6.45, 7) is 11.1. The van der Waals surface area contributed by atoms with Crippen LogP contribution >= 0.6 is 0 Å². The molecule has 0 spiro atoms. The zero-order valence-corrected chi connectivity index (χ0v) is 16.6. The molecule has 0 radical (unpaired) electrons. The van der Waals surface area contributed by atoms with Gasteiger partial charge >= 0.3 is 0 Å². The molecule has 2 fully saturated rings. The Morgan fingerprint density at radius 2 is 2.19 bits per heavy atom. The number of pyridine rings is 1. The Morgan fingerprint density at radius 1 is 1.37 bits per heavy atom. The summed E-state index contributed by atoms with van der Waals surface area (Å²) in [5.41, 5.74) is 0. The Balaban J connectivity index is 1.50. The highest BCUT2D eigenvalue weighted by Crippen LogP contribution is 2.20. The number of aliphatic imine (C=N–C) groups is 1. The number of halogens is 1. The standard InChI is InChI=1S/C20H33FN6/c1-3-22-20(24-13-16(2)14-26-10-4-5-11-26)25-17-8-12-27(15-17)19-18(21)7-6-9-23-19/h6-7,9,16-17H,3-5,8,10-15H2,1-2H3,(H2,22,24,25). The minimum Gasteiger partial charge on any atom is -0.357 e. The first-order valence-electron chi connectivity index (χ1n) is 10.3. The SMILES string of the molecule is CCNC(=NCC(C)CN1CCCC1)NC1CCN(c2ncccc2F)C1. The van der Waals surface area contributed by atoms with Gasteiger partial charge < -0.3 is 20.4 Å². The molecule has 1 aromatic heterocycles. The predicted molar refractivity (Wildman–Crippen MR) is 109 cm³/mol. The van der Waals surface area contributed by atoms with E-state index in [4.69, 9.17) is 4.99 Å². The van der Waals surface area contributed by atoms with Gasteiger partial charge in [0, 0.05) is 45.0 Å². The normalized spacial score (nSPS) is 22.3. The third-order valence-electron chi connectivity index (χ3n) is 5.24. The number of aromatic nitrogens is 1. The smallest absolute Gasteiger partial charge is 0.191 e. The maximum Gasteiger partial charge on any atom is 0.191 e. The Bertz CT molecular complexity index is 616. The molecule has 0 saturated carbocycles. The van der Waals surface area contributed by atoms with Gasteiger partial charge in [-0.2, -0.15) is 0 Å². The quantitative estimate of drug-likeness (QED) is 0.564. The van der Waals surface area contributed by atoms with Gasteiger partial charge in [0.1, 0.15) is 0 Å². The van der Waals surface area contributed by atoms with Gasteiger partial charge in [0.2, 0.25) is 0 Å². The second-order valence-electron chi connectivity index (χ2n) is 7.72. The number of nitrogens with zero attached hydrogens (tertiary/aromatic N) is 4. The molecule has 0 bridgehead atoms. The summed E-state index contributed by atoms with van der Waals surface area (Å²) in [4.78, 5) is 13.5. The summed E-state index contributed by atoms with van der Waals surface area (Å²) < 4.78 is 14.0. The molecule has 0 amide bonds. The summed E-state index contributed by atoms with van der Waals surface area (Å²) in [6.07, 6.45) is 5.25. The molecule has 1 aromatic rings. The van der Waals surface area contributed by atoms with Crippen molar-refractivity contribution in [2.45, 2.75) is 39.2 Å². The van der Waals surface area contributed by atoms with Crippen LogP contribution in [0.25, 0.3) is 0 Å². The van der Waals surface area contributed by atoms with E-state index in [0.717, 1.165) is 45.1 Å². The van der Waals surface area contributed by atoms with Crippen molar-refractivity contribution in [1.82, 2.24) is 20.5 Å². The molecule has 0 aliphatic carbocycles. The van der Waals surface area contributed by atoms with Crippen LogP contribution < -0.4 is 15.5 Å². The molecule has 3 rings (SSSR count). The molecule has 7 heteroatoms. The third-order valence-corrected chi connectivity index (χ3v) is 5.24. The summed E-state index contributed by atoms with van der Waals surface area (Å²) in [7, 11) is 0. The lowest BCUT2D eigenvalue weighted by molar-refractivity contribution is 0.291. The molecule has 3 heterocycles. The lowest BCUT2D eigenvalue weighted by Crippen LogP contribution is -2.45. The van der Waals surface area contributed by atoms with Gasteiger partial charge in [0.25, 0.3) is 0 Å². The predicted octanol–water partition coefficient (Wildman–Crippen LogP) is 2.09. The van der Waals surface area contributed by atoms with E-state index < -0.39 is 0 Å². The average Bonchev–Trinajstić information content (AvgIpc) is 3.32. The van der Waals surface area contributed by atoms with Crippen LogP contribution in [-0.4, -0.2) is 67.7 Å². The lowest BCUT2D eigenvalue weighted by Gasteiger charge is -2.21. The van der Waals surface area contributed by atoms with Crippen molar-refractivity contribution in [3.63, 3.8) is 0 Å². The van der Waals surface area contributed by atoms with Crippen LogP contribution in [0.5, 0.6) is 0 Å². The average molecular weight is 377 g/mol. The van der Waals surface area contributed by atoms with E-state index >= 15 is 0 Å². The largest absolute Gasteiger partial charge is 0.357 e. The van der Waals surface area contributed by atoms with Crippen molar-refractivity contribution in [3.8, 4) is 0 Å². The first-order valence-corrected chi connectivity index (χ1v) is 10.3. The number of guanidine groups is 1. The van der Waals surface area contributed by atoms with E-state index in [1.807, 2.05) is 4.90 Å². The molecule has 150 valence electrons. The van der Waals surface area contributed by atoms with E-state index in [-0.39, 0.29) is 11.9 Å². The van der Waals surface area contributed by atoms with Crippen LogP contribution in [0.1, 0.15) is 33.1 Å². The van der Waals surface area contributed by atoms with Crippen molar-refractivity contribution in [1.29, 1.82) is 0 Å². The molecule has 2 unspecified atom stereocenters. The van der Waals surface area contributed by atoms with Crippen LogP contribution in [0, 0.1) is 11.7 Å². The van der Waals surface area contributed by atoms with Gasteiger partial charge in [-0.25, -0.2) is 9.37 Å². The van der Waals surface area contributed by atoms with Crippen molar-refractivity contribution in [2.24, 2.45) is 10.9 Å². The van der Waals surface area contributed by atoms with E-state index in [1.165, 1.54) is 32.0 Å². The Labute approximate surface area is 162 Å². The maximum absolute atomic E-state index is 14.0. The van der Waals surface area contributed by atoms with Gasteiger partial charge in [-0.05, 0) is 57.3 Å². The van der Waals surface area contributed by atoms with E-state index in [0.29, 0.717) is 11.7 Å². The highest BCUT2D eigenvalue weighted by Gasteiger charge is 2.26. The van der Waals surface area contributed by atoms with Crippen LogP contribution in [0.15, 0.2) is 23.3 Å². The Kier molecular flexibility index (Phi) is 7.26. The molecule has 2 saturated heterocycles. The molecule has 2 aliphatic heterocycles. The van der Waals surface area contributed by atoms with Gasteiger partial charge in [-0.1, -0.05) is 6.92 Å². The topological polar surface area (TPSA) is 55.8 Å². The van der Waals surface area contributed by atoms with Gasteiger partial charge in [0.05, 0.1) is 0 Å². The van der Waals surface area contributed by atoms with Crippen LogP contribution in [0.2, 0.25) is 0 Å². The number of hydrogen-bond acceptors (Lipinski definition) is 4. The number of rotatable bonds is 7. The van der Waals surface area contributed by atoms with E-state index in [1.54, 1.807) is 12.3 Å². The van der Waals surface area contributed by atoms with E-state index in [2.05, 4.69) is 34.4 Å². The second kappa shape index (κ2) is 9.88. The molecule has 6 nitrogen and oxygen atoms in total. The Morgan fingerprint density at radius 3 is 2.93 bits per heavy atom. The number of hydrogen-bond donors (Lipinski definition) is 2. The summed E-state index contributed by atoms with van der Waals surface area (Å²) in [5.74, 6) is 1.60. The maximum atomic E-state index is 14.0. The first-order chi connectivity index (χ1) is 13.2. The fourth-order valence-electron chi connectivity index (χ4n) is 3.90. The first kappa shape index (κ1) is 19.9. The van der Waals surface area contributed by atoms with E-state index in [9.17, 15) is 4.39 Å².